The van der Waals surface area contributed by atoms with Gasteiger partial charge in [-0.3, -0.25) is 14.6 Å². The fourth-order valence-corrected chi connectivity index (χ4v) is 4.96. The summed E-state index contributed by atoms with van der Waals surface area (Å²) in [7, 11) is 0. The van der Waals surface area contributed by atoms with Crippen molar-refractivity contribution >= 4 is 5.78 Å². The largest absolute Gasteiger partial charge is 0.494 e. The van der Waals surface area contributed by atoms with Gasteiger partial charge in [0.15, 0.2) is 17.3 Å². The number of unbranched alkanes of at least 4 members (excludes halogenated alkanes) is 1. The minimum Gasteiger partial charge on any atom is -0.494 e. The molecule has 0 aromatic heterocycles. The lowest BCUT2D eigenvalue weighted by molar-refractivity contribution is 0.0880. The number of ether oxygens (including phenoxy) is 3. The summed E-state index contributed by atoms with van der Waals surface area (Å²) in [5.41, 5.74) is 3.04. The normalized spacial score (nSPS) is 16.5. The number of carbonyl (C=O) groups excluding carboxylic acids is 1. The van der Waals surface area contributed by atoms with Gasteiger partial charge < -0.3 is 14.2 Å². The Hall–Kier alpha value is -3.35. The van der Waals surface area contributed by atoms with Crippen LogP contribution in [0.1, 0.15) is 47.2 Å². The van der Waals surface area contributed by atoms with Gasteiger partial charge in [0.05, 0.1) is 12.5 Å². The second-order valence-electron chi connectivity index (χ2n) is 9.82. The van der Waals surface area contributed by atoms with E-state index < -0.39 is 0 Å². The van der Waals surface area contributed by atoms with E-state index in [9.17, 15) is 4.79 Å². The summed E-state index contributed by atoms with van der Waals surface area (Å²) < 4.78 is 16.7. The average Bonchev–Trinajstić information content (AvgIpc) is 3.41. The van der Waals surface area contributed by atoms with Crippen LogP contribution < -0.4 is 14.2 Å². The highest BCUT2D eigenvalue weighted by molar-refractivity contribution is 6.01. The Kier molecular flexibility index (Phi) is 8.39. The van der Waals surface area contributed by atoms with Crippen molar-refractivity contribution in [3.63, 3.8) is 0 Å². The average molecular weight is 501 g/mol. The van der Waals surface area contributed by atoms with Gasteiger partial charge in [-0.15, -0.1) is 0 Å². The maximum atomic E-state index is 13.7. The first-order valence-corrected chi connectivity index (χ1v) is 13.3. The lowest BCUT2D eigenvalue weighted by Crippen LogP contribution is -2.47. The van der Waals surface area contributed by atoms with Crippen LogP contribution in [0.25, 0.3) is 0 Å². The van der Waals surface area contributed by atoms with E-state index >= 15 is 0 Å². The van der Waals surface area contributed by atoms with Gasteiger partial charge in [0.25, 0.3) is 0 Å². The fourth-order valence-electron chi connectivity index (χ4n) is 4.96. The summed E-state index contributed by atoms with van der Waals surface area (Å²) in [5.74, 6) is 2.44. The number of ketones is 1. The van der Waals surface area contributed by atoms with Gasteiger partial charge in [-0.1, -0.05) is 49.7 Å². The molecule has 6 nitrogen and oxygen atoms in total. The van der Waals surface area contributed by atoms with E-state index in [2.05, 4.69) is 41.0 Å². The van der Waals surface area contributed by atoms with Gasteiger partial charge >= 0.3 is 0 Å². The highest BCUT2D eigenvalue weighted by atomic mass is 16.7. The molecule has 0 aliphatic carbocycles. The zero-order valence-corrected chi connectivity index (χ0v) is 21.6. The molecule has 37 heavy (non-hydrogen) atoms. The van der Waals surface area contributed by atoms with Crippen LogP contribution in [0.3, 0.4) is 0 Å². The molecule has 1 atom stereocenters. The molecule has 3 aromatic rings. The molecular weight excluding hydrogens is 464 g/mol. The Labute approximate surface area is 219 Å². The molecule has 5 rings (SSSR count). The van der Waals surface area contributed by atoms with Crippen molar-refractivity contribution in [2.24, 2.45) is 0 Å². The molecule has 6 heteroatoms. The first-order chi connectivity index (χ1) is 18.2. The second-order valence-corrected chi connectivity index (χ2v) is 9.82. The van der Waals surface area contributed by atoms with Crippen molar-refractivity contribution in [1.82, 2.24) is 9.80 Å². The van der Waals surface area contributed by atoms with Crippen LogP contribution in [-0.4, -0.2) is 61.7 Å². The summed E-state index contributed by atoms with van der Waals surface area (Å²) in [6.07, 6.45) is 2.13. The smallest absolute Gasteiger partial charge is 0.231 e. The molecule has 0 radical (unpaired) electrons. The molecule has 2 aliphatic rings. The highest BCUT2D eigenvalue weighted by Crippen LogP contribution is 2.33. The molecule has 0 N–H and O–H groups in total. The van der Waals surface area contributed by atoms with E-state index in [1.54, 1.807) is 0 Å². The first-order valence-electron chi connectivity index (χ1n) is 13.3. The molecule has 0 saturated carbocycles. The first kappa shape index (κ1) is 25.3. The molecule has 1 unspecified atom stereocenters. The Morgan fingerprint density at radius 3 is 2.38 bits per heavy atom. The Bertz CT molecular complexity index is 1160. The van der Waals surface area contributed by atoms with Crippen LogP contribution in [-0.2, 0) is 6.54 Å². The van der Waals surface area contributed by atoms with E-state index in [1.807, 2.05) is 48.5 Å². The van der Waals surface area contributed by atoms with Gasteiger partial charge in [0.1, 0.15) is 5.75 Å². The lowest BCUT2D eigenvalue weighted by Gasteiger charge is -2.36. The Morgan fingerprint density at radius 1 is 0.892 bits per heavy atom. The van der Waals surface area contributed by atoms with Crippen molar-refractivity contribution in [2.45, 2.75) is 32.2 Å². The van der Waals surface area contributed by atoms with Gasteiger partial charge in [-0.05, 0) is 53.9 Å². The lowest BCUT2D eigenvalue weighted by atomic mass is 9.90. The monoisotopic (exact) mass is 500 g/mol. The third-order valence-corrected chi connectivity index (χ3v) is 7.17. The predicted octanol–water partition coefficient (Wildman–Crippen LogP) is 5.38. The number of hydrogen-bond donors (Lipinski definition) is 0. The van der Waals surface area contributed by atoms with Crippen molar-refractivity contribution in [1.29, 1.82) is 0 Å². The van der Waals surface area contributed by atoms with E-state index in [-0.39, 0.29) is 11.7 Å². The van der Waals surface area contributed by atoms with E-state index in [4.69, 9.17) is 14.2 Å². The molecule has 1 fully saturated rings. The van der Waals surface area contributed by atoms with Crippen molar-refractivity contribution < 1.29 is 19.0 Å². The van der Waals surface area contributed by atoms with Gasteiger partial charge in [-0.2, -0.15) is 0 Å². The molecule has 0 bridgehead atoms. The number of piperazine rings is 1. The van der Waals surface area contributed by atoms with Crippen LogP contribution >= 0.6 is 0 Å². The van der Waals surface area contributed by atoms with E-state index in [0.717, 1.165) is 80.5 Å². The number of rotatable bonds is 11. The SMILES string of the molecule is CCCCOc1ccc(C(=O)C(CN2CCN(Cc3ccc4c(c3)OCO4)CC2)c2ccccc2)cc1. The molecule has 1 saturated heterocycles. The number of hydrogen-bond acceptors (Lipinski definition) is 6. The summed E-state index contributed by atoms with van der Waals surface area (Å²) in [4.78, 5) is 18.6. The molecule has 2 aliphatic heterocycles. The summed E-state index contributed by atoms with van der Waals surface area (Å²) >= 11 is 0. The summed E-state index contributed by atoms with van der Waals surface area (Å²) in [6, 6.07) is 24.0. The maximum Gasteiger partial charge on any atom is 0.231 e. The van der Waals surface area contributed by atoms with Crippen molar-refractivity contribution in [2.75, 3.05) is 46.1 Å². The van der Waals surface area contributed by atoms with Crippen LogP contribution in [0.5, 0.6) is 17.2 Å². The van der Waals surface area contributed by atoms with E-state index in [0.29, 0.717) is 13.4 Å². The zero-order chi connectivity index (χ0) is 25.5. The second kappa shape index (κ2) is 12.3. The molecular formula is C31H36N2O4. The molecule has 0 amide bonds. The molecule has 3 aromatic carbocycles. The Morgan fingerprint density at radius 2 is 1.62 bits per heavy atom. The van der Waals surface area contributed by atoms with Crippen molar-refractivity contribution in [3.8, 4) is 17.2 Å². The number of nitrogens with zero attached hydrogens (tertiary/aromatic N) is 2. The summed E-state index contributed by atoms with van der Waals surface area (Å²) in [6.45, 7) is 8.56. The predicted molar refractivity (Wildman–Crippen MR) is 145 cm³/mol. The van der Waals surface area contributed by atoms with Crippen LogP contribution in [0.4, 0.5) is 0 Å². The zero-order valence-electron chi connectivity index (χ0n) is 21.6. The minimum absolute atomic E-state index is 0.161. The molecule has 194 valence electrons. The number of carbonyl (C=O) groups is 1. The molecule has 2 heterocycles. The quantitative estimate of drug-likeness (QED) is 0.260. The topological polar surface area (TPSA) is 51.2 Å². The number of Topliss-reactive ketones (excluding diaryl/α,β-unsaturated/α-hetero) is 1. The van der Waals surface area contributed by atoms with Crippen LogP contribution in [0.2, 0.25) is 0 Å². The van der Waals surface area contributed by atoms with Gasteiger partial charge in [0.2, 0.25) is 6.79 Å². The van der Waals surface area contributed by atoms with Gasteiger partial charge in [0, 0.05) is 44.8 Å². The van der Waals surface area contributed by atoms with Crippen LogP contribution in [0, 0.1) is 0 Å². The molecule has 0 spiro atoms. The van der Waals surface area contributed by atoms with E-state index in [1.165, 1.54) is 5.56 Å². The highest BCUT2D eigenvalue weighted by Gasteiger charge is 2.27. The van der Waals surface area contributed by atoms with Crippen LogP contribution in [0.15, 0.2) is 72.8 Å². The maximum absolute atomic E-state index is 13.7. The summed E-state index contributed by atoms with van der Waals surface area (Å²) in [5, 5.41) is 0. The minimum atomic E-state index is -0.200. The fraction of sp³-hybridized carbons (Fsp3) is 0.387. The Balaban J connectivity index is 1.20. The third-order valence-electron chi connectivity index (χ3n) is 7.17. The standard InChI is InChI=1S/C31H36N2O4/c1-2-3-19-35-27-12-10-26(11-13-27)31(34)28(25-7-5-4-6-8-25)22-33-17-15-32(16-18-33)21-24-9-14-29-30(20-24)37-23-36-29/h4-14,20,28H,2-3,15-19,21-23H2,1H3. The number of fused-ring (bicyclic) bond motifs is 1. The van der Waals surface area contributed by atoms with Gasteiger partial charge in [-0.25, -0.2) is 0 Å². The number of benzene rings is 3. The van der Waals surface area contributed by atoms with Crippen molar-refractivity contribution in [3.05, 3.63) is 89.5 Å². The third kappa shape index (κ3) is 6.51.